The van der Waals surface area contributed by atoms with Crippen LogP contribution in [0.3, 0.4) is 0 Å². The molecule has 2 N–H and O–H groups in total. The van der Waals surface area contributed by atoms with Gasteiger partial charge < -0.3 is 10.6 Å². The summed E-state index contributed by atoms with van der Waals surface area (Å²) in [4.78, 5) is 24.1. The van der Waals surface area contributed by atoms with Crippen molar-refractivity contribution in [3.05, 3.63) is 35.4 Å². The van der Waals surface area contributed by atoms with Gasteiger partial charge in [0.15, 0.2) is 0 Å². The zero-order valence-electron chi connectivity index (χ0n) is 14.6. The first kappa shape index (κ1) is 18.8. The summed E-state index contributed by atoms with van der Waals surface area (Å²) in [6.45, 7) is 4.56. The van der Waals surface area contributed by atoms with Gasteiger partial charge in [-0.25, -0.2) is 0 Å². The van der Waals surface area contributed by atoms with E-state index in [1.165, 1.54) is 11.5 Å². The first-order chi connectivity index (χ1) is 11.6. The number of hydrogen-bond donors (Lipinski definition) is 2. The van der Waals surface area contributed by atoms with Crippen molar-refractivity contribution in [3.63, 3.8) is 0 Å². The first-order valence-electron chi connectivity index (χ1n) is 8.82. The molecular formula is C19H28N2O2S. The number of carbonyl (C=O) groups is 2. The third-order valence-electron chi connectivity index (χ3n) is 4.51. The van der Waals surface area contributed by atoms with Crippen LogP contribution in [0.5, 0.6) is 0 Å². The molecule has 4 nitrogen and oxygen atoms in total. The molecule has 5 heteroatoms. The van der Waals surface area contributed by atoms with Crippen molar-refractivity contribution in [2.45, 2.75) is 52.1 Å². The number of rotatable bonds is 7. The maximum Gasteiger partial charge on any atom is 0.251 e. The van der Waals surface area contributed by atoms with Gasteiger partial charge in [-0.1, -0.05) is 19.1 Å². The van der Waals surface area contributed by atoms with E-state index in [0.29, 0.717) is 24.4 Å². The number of thioether (sulfide) groups is 1. The molecule has 1 aliphatic rings. The Balaban J connectivity index is 1.76. The molecule has 0 radical (unpaired) electrons. The molecule has 0 spiro atoms. The Bertz CT molecular complexity index is 539. The smallest absolute Gasteiger partial charge is 0.251 e. The van der Waals surface area contributed by atoms with Crippen LogP contribution in [0.2, 0.25) is 0 Å². The molecule has 1 fully saturated rings. The summed E-state index contributed by atoms with van der Waals surface area (Å²) in [5.41, 5.74) is 1.67. The predicted octanol–water partition coefficient (Wildman–Crippen LogP) is 3.36. The molecular weight excluding hydrogens is 320 g/mol. The van der Waals surface area contributed by atoms with E-state index in [4.69, 9.17) is 0 Å². The van der Waals surface area contributed by atoms with E-state index in [-0.39, 0.29) is 17.9 Å². The van der Waals surface area contributed by atoms with Crippen molar-refractivity contribution in [1.82, 2.24) is 10.6 Å². The first-order valence-corrected chi connectivity index (χ1v) is 9.98. The predicted molar refractivity (Wildman–Crippen MR) is 100 cm³/mol. The maximum atomic E-state index is 12.0. The second-order valence-corrected chi connectivity index (χ2v) is 7.74. The minimum atomic E-state index is -0.0462. The Morgan fingerprint density at radius 2 is 1.88 bits per heavy atom. The van der Waals surface area contributed by atoms with E-state index < -0.39 is 0 Å². The molecule has 0 aliphatic carbocycles. The molecule has 1 saturated heterocycles. The Labute approximate surface area is 149 Å². The summed E-state index contributed by atoms with van der Waals surface area (Å²) < 4.78 is 0. The topological polar surface area (TPSA) is 58.2 Å². The summed E-state index contributed by atoms with van der Waals surface area (Å²) >= 11 is 1.98. The van der Waals surface area contributed by atoms with E-state index in [1.54, 1.807) is 0 Å². The fourth-order valence-corrected chi connectivity index (χ4v) is 3.87. The van der Waals surface area contributed by atoms with Crippen LogP contribution in [0, 0.1) is 5.92 Å². The summed E-state index contributed by atoms with van der Waals surface area (Å²) in [6.07, 6.45) is 3.85. The minimum absolute atomic E-state index is 0.0462. The van der Waals surface area contributed by atoms with E-state index in [0.717, 1.165) is 24.8 Å². The standard InChI is InChI=1S/C19H28N2O2S/c1-3-14(2)21-19(23)17-6-4-16(5-7-17)13-20-18(22)12-15-8-10-24-11-9-15/h4-7,14-15H,3,8-13H2,1-2H3,(H,20,22)(H,21,23)/t14-/m0/s1. The summed E-state index contributed by atoms with van der Waals surface area (Å²) in [5, 5.41) is 5.94. The molecule has 24 heavy (non-hydrogen) atoms. The average molecular weight is 349 g/mol. The molecule has 1 heterocycles. The zero-order chi connectivity index (χ0) is 17.4. The maximum absolute atomic E-state index is 12.0. The molecule has 0 bridgehead atoms. The van der Waals surface area contributed by atoms with Crippen molar-refractivity contribution >= 4 is 23.6 Å². The highest BCUT2D eigenvalue weighted by Gasteiger charge is 2.17. The quantitative estimate of drug-likeness (QED) is 0.794. The van der Waals surface area contributed by atoms with Gasteiger partial charge in [0, 0.05) is 24.6 Å². The van der Waals surface area contributed by atoms with Crippen LogP contribution in [0.15, 0.2) is 24.3 Å². The second kappa shape index (κ2) is 9.72. The molecule has 0 unspecified atom stereocenters. The summed E-state index contributed by atoms with van der Waals surface area (Å²) in [7, 11) is 0. The largest absolute Gasteiger partial charge is 0.352 e. The molecule has 1 aromatic carbocycles. The molecule has 132 valence electrons. The van der Waals surface area contributed by atoms with Gasteiger partial charge in [-0.05, 0) is 61.3 Å². The Hall–Kier alpha value is -1.49. The fourth-order valence-electron chi connectivity index (χ4n) is 2.67. The molecule has 2 rings (SSSR count). The minimum Gasteiger partial charge on any atom is -0.352 e. The van der Waals surface area contributed by atoms with E-state index in [9.17, 15) is 9.59 Å². The van der Waals surface area contributed by atoms with Crippen LogP contribution in [-0.4, -0.2) is 29.4 Å². The molecule has 0 saturated carbocycles. The van der Waals surface area contributed by atoms with Gasteiger partial charge in [0.25, 0.3) is 5.91 Å². The van der Waals surface area contributed by atoms with E-state index in [1.807, 2.05) is 49.9 Å². The van der Waals surface area contributed by atoms with Gasteiger partial charge in [0.1, 0.15) is 0 Å². The highest BCUT2D eigenvalue weighted by Crippen LogP contribution is 2.25. The molecule has 1 aliphatic heterocycles. The van der Waals surface area contributed by atoms with Crippen molar-refractivity contribution in [3.8, 4) is 0 Å². The van der Waals surface area contributed by atoms with Gasteiger partial charge in [-0.15, -0.1) is 0 Å². The Morgan fingerprint density at radius 3 is 2.50 bits per heavy atom. The average Bonchev–Trinajstić information content (AvgIpc) is 2.61. The fraction of sp³-hybridized carbons (Fsp3) is 0.579. The monoisotopic (exact) mass is 348 g/mol. The van der Waals surface area contributed by atoms with Crippen LogP contribution in [0.4, 0.5) is 0 Å². The third kappa shape index (κ3) is 6.19. The van der Waals surface area contributed by atoms with Crippen LogP contribution >= 0.6 is 11.8 Å². The lowest BCUT2D eigenvalue weighted by atomic mass is 9.98. The van der Waals surface area contributed by atoms with Crippen molar-refractivity contribution in [2.24, 2.45) is 5.92 Å². The lowest BCUT2D eigenvalue weighted by Gasteiger charge is -2.20. The van der Waals surface area contributed by atoms with Crippen LogP contribution < -0.4 is 10.6 Å². The highest BCUT2D eigenvalue weighted by molar-refractivity contribution is 7.99. The Morgan fingerprint density at radius 1 is 1.21 bits per heavy atom. The molecule has 2 amide bonds. The molecule has 0 aromatic heterocycles. The molecule has 1 atom stereocenters. The molecule has 1 aromatic rings. The van der Waals surface area contributed by atoms with Crippen LogP contribution in [0.1, 0.15) is 55.5 Å². The van der Waals surface area contributed by atoms with Gasteiger partial charge >= 0.3 is 0 Å². The normalized spacial score (nSPS) is 16.4. The lowest BCUT2D eigenvalue weighted by Crippen LogP contribution is -2.31. The Kier molecular flexibility index (Phi) is 7.63. The second-order valence-electron chi connectivity index (χ2n) is 6.52. The SMILES string of the molecule is CC[C@H](C)NC(=O)c1ccc(CNC(=O)CC2CCSCC2)cc1. The zero-order valence-corrected chi connectivity index (χ0v) is 15.5. The van der Waals surface area contributed by atoms with Gasteiger partial charge in [-0.2, -0.15) is 11.8 Å². The third-order valence-corrected chi connectivity index (χ3v) is 5.56. The van der Waals surface area contributed by atoms with E-state index in [2.05, 4.69) is 10.6 Å². The lowest BCUT2D eigenvalue weighted by molar-refractivity contribution is -0.122. The van der Waals surface area contributed by atoms with Crippen LogP contribution in [0.25, 0.3) is 0 Å². The van der Waals surface area contributed by atoms with Crippen molar-refractivity contribution in [2.75, 3.05) is 11.5 Å². The summed E-state index contributed by atoms with van der Waals surface area (Å²) in [5.74, 6) is 2.98. The summed E-state index contributed by atoms with van der Waals surface area (Å²) in [6, 6.07) is 7.62. The highest BCUT2D eigenvalue weighted by atomic mass is 32.2. The van der Waals surface area contributed by atoms with Gasteiger partial charge in [0.2, 0.25) is 5.91 Å². The van der Waals surface area contributed by atoms with Gasteiger partial charge in [0.05, 0.1) is 0 Å². The van der Waals surface area contributed by atoms with Crippen molar-refractivity contribution < 1.29 is 9.59 Å². The van der Waals surface area contributed by atoms with E-state index >= 15 is 0 Å². The number of carbonyl (C=O) groups excluding carboxylic acids is 2. The number of nitrogens with one attached hydrogen (secondary N) is 2. The number of amides is 2. The number of benzene rings is 1. The van der Waals surface area contributed by atoms with Crippen LogP contribution in [-0.2, 0) is 11.3 Å². The van der Waals surface area contributed by atoms with Crippen molar-refractivity contribution in [1.29, 1.82) is 0 Å². The van der Waals surface area contributed by atoms with Gasteiger partial charge in [-0.3, -0.25) is 9.59 Å². The number of hydrogen-bond acceptors (Lipinski definition) is 3.